The van der Waals surface area contributed by atoms with Gasteiger partial charge < -0.3 is 9.47 Å². The van der Waals surface area contributed by atoms with Gasteiger partial charge in [-0.25, -0.2) is 13.9 Å². The molecule has 3 aromatic rings. The van der Waals surface area contributed by atoms with Crippen molar-refractivity contribution in [3.05, 3.63) is 76.9 Å². The Morgan fingerprint density at radius 1 is 1.19 bits per heavy atom. The first kappa shape index (κ1) is 28.4. The van der Waals surface area contributed by atoms with E-state index in [1.54, 1.807) is 29.1 Å². The number of hydrogen-bond donors (Lipinski definition) is 0. The SMILES string of the molecule is CC(C)c1ccc2c(c1)CC[C@H]1[C@](C)(C(=O)OCc3cn(CC4CN(c5ccccc5F)C(=O)O4)nn3)CCC[C@]21C. The van der Waals surface area contributed by atoms with Crippen molar-refractivity contribution < 1.29 is 23.5 Å². The molecule has 0 bridgehead atoms. The third-order valence-corrected chi connectivity index (χ3v) is 9.86. The Morgan fingerprint density at radius 3 is 2.79 bits per heavy atom. The van der Waals surface area contributed by atoms with E-state index >= 15 is 0 Å². The van der Waals surface area contributed by atoms with Gasteiger partial charge in [-0.15, -0.1) is 5.10 Å². The first-order chi connectivity index (χ1) is 20.1. The standard InChI is InChI=1S/C33H39FN4O4/c1-21(2)22-10-12-26-23(16-22)11-13-29-32(26,3)14-7-15-33(29,4)30(39)41-20-24-17-37(36-35-24)18-25-19-38(31(40)42-25)28-9-6-5-8-27(28)34/h5-6,8-10,12,16-17,21,25,29H,7,11,13-15,18-20H2,1-4H3/t25?,29-,32-,33-/m1/s1. The first-order valence-electron chi connectivity index (χ1n) is 15.0. The molecular weight excluding hydrogens is 535 g/mol. The number of anilines is 1. The summed E-state index contributed by atoms with van der Waals surface area (Å²) in [6.45, 7) is 9.36. The van der Waals surface area contributed by atoms with Gasteiger partial charge in [-0.2, -0.15) is 0 Å². The second-order valence-corrected chi connectivity index (χ2v) is 12.9. The van der Waals surface area contributed by atoms with Crippen LogP contribution in [0.15, 0.2) is 48.7 Å². The molecule has 1 aliphatic heterocycles. The summed E-state index contributed by atoms with van der Waals surface area (Å²) in [7, 11) is 0. The van der Waals surface area contributed by atoms with E-state index in [0.29, 0.717) is 11.6 Å². The maximum Gasteiger partial charge on any atom is 0.414 e. The molecule has 0 N–H and O–H groups in total. The van der Waals surface area contributed by atoms with E-state index in [-0.39, 0.29) is 42.7 Å². The molecule has 42 heavy (non-hydrogen) atoms. The quantitative estimate of drug-likeness (QED) is 0.307. The van der Waals surface area contributed by atoms with E-state index in [1.165, 1.54) is 27.7 Å². The Balaban J connectivity index is 1.09. The summed E-state index contributed by atoms with van der Waals surface area (Å²) in [4.78, 5) is 27.3. The summed E-state index contributed by atoms with van der Waals surface area (Å²) in [6.07, 6.45) is 5.39. The van der Waals surface area contributed by atoms with E-state index in [0.717, 1.165) is 32.1 Å². The zero-order chi connectivity index (χ0) is 29.6. The first-order valence-corrected chi connectivity index (χ1v) is 15.0. The van der Waals surface area contributed by atoms with Gasteiger partial charge >= 0.3 is 12.1 Å². The molecule has 2 aliphatic carbocycles. The third-order valence-electron chi connectivity index (χ3n) is 9.86. The zero-order valence-electron chi connectivity index (χ0n) is 24.8. The van der Waals surface area contributed by atoms with Crippen LogP contribution in [0.25, 0.3) is 0 Å². The number of benzene rings is 2. The summed E-state index contributed by atoms with van der Waals surface area (Å²) < 4.78 is 27.1. The second kappa shape index (κ2) is 10.8. The molecule has 222 valence electrons. The average Bonchev–Trinajstić information content (AvgIpc) is 3.57. The molecule has 2 heterocycles. The molecule has 1 amide bonds. The number of aromatic nitrogens is 3. The number of hydrogen-bond acceptors (Lipinski definition) is 6. The highest BCUT2D eigenvalue weighted by Gasteiger charge is 2.55. The van der Waals surface area contributed by atoms with Crippen molar-refractivity contribution >= 4 is 17.7 Å². The fourth-order valence-corrected chi connectivity index (χ4v) is 7.61. The van der Waals surface area contributed by atoms with Crippen LogP contribution in [0.1, 0.15) is 81.7 Å². The topological polar surface area (TPSA) is 86.5 Å². The van der Waals surface area contributed by atoms with E-state index in [9.17, 15) is 14.0 Å². The molecule has 2 fully saturated rings. The second-order valence-electron chi connectivity index (χ2n) is 12.9. The number of amides is 1. The van der Waals surface area contributed by atoms with Gasteiger partial charge in [0.1, 0.15) is 24.2 Å². The molecule has 0 radical (unpaired) electrons. The lowest BCUT2D eigenvalue weighted by Crippen LogP contribution is -2.52. The monoisotopic (exact) mass is 574 g/mol. The molecule has 1 saturated heterocycles. The summed E-state index contributed by atoms with van der Waals surface area (Å²) in [5, 5.41) is 8.32. The molecule has 9 heteroatoms. The van der Waals surface area contributed by atoms with Crippen LogP contribution in [0.3, 0.4) is 0 Å². The van der Waals surface area contributed by atoms with Crippen molar-refractivity contribution in [1.82, 2.24) is 15.0 Å². The number of carbonyl (C=O) groups excluding carboxylic acids is 2. The molecule has 0 spiro atoms. The number of halogens is 1. The summed E-state index contributed by atoms with van der Waals surface area (Å²) in [5.74, 6) is 0.0334. The highest BCUT2D eigenvalue weighted by Crippen LogP contribution is 2.57. The lowest BCUT2D eigenvalue weighted by molar-refractivity contribution is -0.166. The fraction of sp³-hybridized carbons (Fsp3) is 0.515. The van der Waals surface area contributed by atoms with Crippen LogP contribution >= 0.6 is 0 Å². The number of aryl methyl sites for hydroxylation is 1. The van der Waals surface area contributed by atoms with Gasteiger partial charge in [-0.1, -0.05) is 62.7 Å². The maximum atomic E-state index is 14.2. The van der Waals surface area contributed by atoms with Gasteiger partial charge in [0.05, 0.1) is 30.4 Å². The summed E-state index contributed by atoms with van der Waals surface area (Å²) >= 11 is 0. The number of carbonyl (C=O) groups is 2. The summed E-state index contributed by atoms with van der Waals surface area (Å²) in [5.41, 5.74) is 4.26. The Bertz CT molecular complexity index is 1500. The largest absolute Gasteiger partial charge is 0.459 e. The van der Waals surface area contributed by atoms with Gasteiger partial charge in [0, 0.05) is 0 Å². The predicted octanol–water partition coefficient (Wildman–Crippen LogP) is 6.32. The lowest BCUT2D eigenvalue weighted by Gasteiger charge is -2.54. The lowest BCUT2D eigenvalue weighted by atomic mass is 9.49. The molecule has 3 aliphatic rings. The Morgan fingerprint density at radius 2 is 2.00 bits per heavy atom. The number of rotatable bonds is 7. The molecule has 1 unspecified atom stereocenters. The van der Waals surface area contributed by atoms with Gasteiger partial charge in [0.2, 0.25) is 0 Å². The van der Waals surface area contributed by atoms with Crippen molar-refractivity contribution in [3.8, 4) is 0 Å². The van der Waals surface area contributed by atoms with Gasteiger partial charge in [0.25, 0.3) is 0 Å². The number of fused-ring (bicyclic) bond motifs is 3. The Labute approximate surface area is 246 Å². The maximum absolute atomic E-state index is 14.2. The number of ether oxygens (including phenoxy) is 2. The third kappa shape index (κ3) is 4.96. The number of para-hydroxylation sites is 1. The van der Waals surface area contributed by atoms with Crippen molar-refractivity contribution in [3.63, 3.8) is 0 Å². The predicted molar refractivity (Wildman–Crippen MR) is 155 cm³/mol. The zero-order valence-corrected chi connectivity index (χ0v) is 24.8. The van der Waals surface area contributed by atoms with Crippen LogP contribution in [0.4, 0.5) is 14.9 Å². The Kier molecular flexibility index (Phi) is 7.31. The number of nitrogens with zero attached hydrogens (tertiary/aromatic N) is 4. The van der Waals surface area contributed by atoms with Crippen molar-refractivity contribution in [2.75, 3.05) is 11.4 Å². The van der Waals surface area contributed by atoms with E-state index < -0.39 is 23.4 Å². The van der Waals surface area contributed by atoms with Crippen LogP contribution in [0, 0.1) is 17.2 Å². The molecule has 1 aromatic heterocycles. The molecule has 1 saturated carbocycles. The molecule has 6 rings (SSSR count). The Hall–Kier alpha value is -3.75. The normalized spacial score (nSPS) is 27.0. The van der Waals surface area contributed by atoms with Crippen LogP contribution in [0.2, 0.25) is 0 Å². The van der Waals surface area contributed by atoms with Crippen LogP contribution in [-0.2, 0) is 39.3 Å². The minimum atomic E-state index is -0.599. The van der Waals surface area contributed by atoms with E-state index in [1.807, 2.05) is 0 Å². The number of esters is 1. The minimum Gasteiger partial charge on any atom is -0.459 e. The van der Waals surface area contributed by atoms with Crippen LogP contribution in [-0.4, -0.2) is 39.7 Å². The van der Waals surface area contributed by atoms with Gasteiger partial charge in [0.15, 0.2) is 0 Å². The van der Waals surface area contributed by atoms with Crippen molar-refractivity contribution in [1.29, 1.82) is 0 Å². The van der Waals surface area contributed by atoms with Gasteiger partial charge in [-0.05, 0) is 78.7 Å². The van der Waals surface area contributed by atoms with Crippen molar-refractivity contribution in [2.45, 2.75) is 90.4 Å². The van der Waals surface area contributed by atoms with Crippen molar-refractivity contribution in [2.24, 2.45) is 11.3 Å². The molecule has 4 atom stereocenters. The van der Waals surface area contributed by atoms with Crippen LogP contribution in [0.5, 0.6) is 0 Å². The van der Waals surface area contributed by atoms with E-state index in [4.69, 9.17) is 9.47 Å². The fourth-order valence-electron chi connectivity index (χ4n) is 7.61. The molecule has 8 nitrogen and oxygen atoms in total. The van der Waals surface area contributed by atoms with E-state index in [2.05, 4.69) is 56.2 Å². The van der Waals surface area contributed by atoms with Crippen LogP contribution < -0.4 is 4.90 Å². The average molecular weight is 575 g/mol. The summed E-state index contributed by atoms with van der Waals surface area (Å²) in [6, 6.07) is 13.0. The number of cyclic esters (lactones) is 1. The highest BCUT2D eigenvalue weighted by molar-refractivity contribution is 5.89. The molecule has 2 aromatic carbocycles. The molecular formula is C33H39FN4O4. The smallest absolute Gasteiger partial charge is 0.414 e. The van der Waals surface area contributed by atoms with Gasteiger partial charge in [-0.3, -0.25) is 9.69 Å². The highest BCUT2D eigenvalue weighted by atomic mass is 19.1. The minimum absolute atomic E-state index is 0.0258.